The highest BCUT2D eigenvalue weighted by molar-refractivity contribution is 7.86. The number of rotatable bonds is 23. The first-order chi connectivity index (χ1) is 15.1. The lowest BCUT2D eigenvalue weighted by atomic mass is 10.0. The molecule has 0 spiro atoms. The summed E-state index contributed by atoms with van der Waals surface area (Å²) in [7, 11) is 1.98. The summed E-state index contributed by atoms with van der Waals surface area (Å²) in [5.41, 5.74) is 0. The Morgan fingerprint density at radius 1 is 0.750 bits per heavy atom. The first kappa shape index (κ1) is 31.3. The molecule has 0 heterocycles. The van der Waals surface area contributed by atoms with E-state index in [0.717, 1.165) is 19.3 Å². The summed E-state index contributed by atoms with van der Waals surface area (Å²) < 4.78 is 30.1. The fourth-order valence-electron chi connectivity index (χ4n) is 4.02. The van der Waals surface area contributed by atoms with Crippen molar-refractivity contribution in [3.8, 4) is 0 Å². The fraction of sp³-hybridized carbons (Fsp3) is 0.960. The van der Waals surface area contributed by atoms with Crippen molar-refractivity contribution in [3.63, 3.8) is 0 Å². The third-order valence-electron chi connectivity index (χ3n) is 5.68. The number of nitrogens with zero attached hydrogens (tertiary/aromatic N) is 1. The molecule has 1 unspecified atom stereocenters. The Morgan fingerprint density at radius 2 is 1.12 bits per heavy atom. The molecule has 32 heavy (non-hydrogen) atoms. The van der Waals surface area contributed by atoms with E-state index in [1.165, 1.54) is 77.0 Å². The Hall–Kier alpha value is -0.660. The Balaban J connectivity index is 3.70. The number of quaternary nitrogens is 1. The van der Waals surface area contributed by atoms with Gasteiger partial charge >= 0.3 is 5.97 Å². The molecule has 0 aliphatic carbocycles. The van der Waals surface area contributed by atoms with Crippen LogP contribution in [0, 0.1) is 0 Å². The molecule has 0 amide bonds. The minimum Gasteiger partial charge on any atom is -0.481 e. The average molecular weight is 479 g/mol. The second-order valence-electron chi connectivity index (χ2n) is 10.4. The van der Waals surface area contributed by atoms with Crippen molar-refractivity contribution in [2.24, 2.45) is 0 Å². The molecular weight excluding hydrogens is 426 g/mol. The molecule has 0 aliphatic rings. The molecule has 1 N–H and O–H groups in total. The van der Waals surface area contributed by atoms with Crippen LogP contribution in [0.2, 0.25) is 0 Å². The normalized spacial score (nSPS) is 13.4. The Morgan fingerprint density at radius 3 is 1.47 bits per heavy atom. The highest BCUT2D eigenvalue weighted by atomic mass is 32.2. The van der Waals surface area contributed by atoms with Gasteiger partial charge < -0.3 is 9.59 Å². The molecule has 0 aromatic heterocycles. The molecule has 192 valence electrons. The van der Waals surface area contributed by atoms with E-state index in [0.29, 0.717) is 17.4 Å². The number of hydrogen-bond acceptors (Lipinski definition) is 4. The van der Waals surface area contributed by atoms with Crippen molar-refractivity contribution < 1.29 is 27.0 Å². The van der Waals surface area contributed by atoms with E-state index >= 15 is 0 Å². The lowest BCUT2D eigenvalue weighted by Gasteiger charge is -2.28. The molecule has 0 aromatic rings. The minimum atomic E-state index is -3.69. The molecule has 0 fully saturated rings. The summed E-state index contributed by atoms with van der Waals surface area (Å²) in [4.78, 5) is 11.0. The monoisotopic (exact) mass is 478 g/mol. The van der Waals surface area contributed by atoms with Gasteiger partial charge in [0.15, 0.2) is 0 Å². The molecule has 0 saturated heterocycles. The molecule has 1 atom stereocenters. The van der Waals surface area contributed by atoms with Gasteiger partial charge in [0.25, 0.3) is 10.1 Å². The van der Waals surface area contributed by atoms with E-state index in [2.05, 4.69) is 6.92 Å². The smallest absolute Gasteiger partial charge is 0.306 e. The fourth-order valence-corrected chi connectivity index (χ4v) is 5.21. The number of hydrogen-bond donors (Lipinski definition) is 1. The molecule has 0 aliphatic heterocycles. The maximum atomic E-state index is 12.2. The van der Waals surface area contributed by atoms with Crippen LogP contribution in [0.1, 0.15) is 116 Å². The summed E-state index contributed by atoms with van der Waals surface area (Å²) >= 11 is 0. The average Bonchev–Trinajstić information content (AvgIpc) is 2.65. The zero-order valence-electron chi connectivity index (χ0n) is 21.4. The van der Waals surface area contributed by atoms with Crippen LogP contribution in [0.3, 0.4) is 0 Å². The van der Waals surface area contributed by atoms with E-state index in [-0.39, 0.29) is 12.2 Å². The molecule has 0 bridgehead atoms. The van der Waals surface area contributed by atoms with Gasteiger partial charge in [-0.3, -0.25) is 8.98 Å². The third kappa shape index (κ3) is 22.5. The van der Waals surface area contributed by atoms with Crippen molar-refractivity contribution in [1.82, 2.24) is 0 Å². The van der Waals surface area contributed by atoms with Gasteiger partial charge in [-0.25, -0.2) is 0 Å². The zero-order valence-corrected chi connectivity index (χ0v) is 22.3. The number of unbranched alkanes of at least 4 members (excludes halogenated alkanes) is 15. The van der Waals surface area contributed by atoms with Crippen LogP contribution in [-0.4, -0.2) is 63.5 Å². The molecular formula is C25H52NO5S+. The Labute approximate surface area is 198 Å². The van der Waals surface area contributed by atoms with Crippen LogP contribution in [0.4, 0.5) is 0 Å². The van der Waals surface area contributed by atoms with Crippen LogP contribution in [0.5, 0.6) is 0 Å². The molecule has 0 saturated carbocycles. The predicted octanol–water partition coefficient (Wildman–Crippen LogP) is 6.14. The SMILES string of the molecule is CCCCCCCCCCCCCCCCCCS(=O)(=O)OC(CC(=O)O)C[N+](C)(C)C. The topological polar surface area (TPSA) is 80.7 Å². The Bertz CT molecular complexity index is 557. The Kier molecular flexibility index (Phi) is 18.3. The maximum absolute atomic E-state index is 12.2. The van der Waals surface area contributed by atoms with E-state index in [9.17, 15) is 13.2 Å². The van der Waals surface area contributed by atoms with Gasteiger partial charge in [-0.05, 0) is 6.42 Å². The van der Waals surface area contributed by atoms with Crippen LogP contribution in [0.25, 0.3) is 0 Å². The standard InChI is InChI=1S/C25H51NO5S/c1-5-6-7-8-9-10-11-12-13-14-15-16-17-18-19-20-21-32(29,30)31-24(22-25(27)28)23-26(2,3)4/h24H,5-23H2,1-4H3/p+1. The van der Waals surface area contributed by atoms with E-state index < -0.39 is 22.2 Å². The van der Waals surface area contributed by atoms with E-state index in [1.807, 2.05) is 21.1 Å². The summed E-state index contributed by atoms with van der Waals surface area (Å²) in [6, 6.07) is 0. The van der Waals surface area contributed by atoms with Crippen LogP contribution in [0.15, 0.2) is 0 Å². The first-order valence-electron chi connectivity index (χ1n) is 13.0. The molecule has 7 heteroatoms. The van der Waals surface area contributed by atoms with E-state index in [1.54, 1.807) is 0 Å². The lowest BCUT2D eigenvalue weighted by molar-refractivity contribution is -0.873. The third-order valence-corrected chi connectivity index (χ3v) is 7.04. The van der Waals surface area contributed by atoms with Gasteiger partial charge in [-0.1, -0.05) is 103 Å². The highest BCUT2D eigenvalue weighted by Gasteiger charge is 2.27. The van der Waals surface area contributed by atoms with E-state index in [4.69, 9.17) is 9.29 Å². The largest absolute Gasteiger partial charge is 0.481 e. The van der Waals surface area contributed by atoms with Crippen molar-refractivity contribution in [3.05, 3.63) is 0 Å². The second-order valence-corrected chi connectivity index (χ2v) is 12.1. The summed E-state index contributed by atoms with van der Waals surface area (Å²) in [6.45, 7) is 2.60. The number of carboxylic acids is 1. The van der Waals surface area contributed by atoms with Crippen molar-refractivity contribution in [2.75, 3.05) is 33.4 Å². The summed E-state index contributed by atoms with van der Waals surface area (Å²) in [5.74, 6) is -1.07. The maximum Gasteiger partial charge on any atom is 0.306 e. The van der Waals surface area contributed by atoms with Crippen molar-refractivity contribution in [2.45, 2.75) is 122 Å². The summed E-state index contributed by atoms with van der Waals surface area (Å²) in [6.07, 6.45) is 18.7. The molecule has 0 rings (SSSR count). The van der Waals surface area contributed by atoms with Gasteiger partial charge in [0, 0.05) is 0 Å². The van der Waals surface area contributed by atoms with Gasteiger partial charge in [0.05, 0.1) is 33.3 Å². The van der Waals surface area contributed by atoms with Crippen LogP contribution >= 0.6 is 0 Å². The second kappa shape index (κ2) is 18.7. The van der Waals surface area contributed by atoms with Gasteiger partial charge in [-0.15, -0.1) is 0 Å². The lowest BCUT2D eigenvalue weighted by Crippen LogP contribution is -2.44. The molecule has 0 aromatic carbocycles. The molecule has 0 radical (unpaired) electrons. The minimum absolute atomic E-state index is 0.0291. The quantitative estimate of drug-likeness (QED) is 0.108. The van der Waals surface area contributed by atoms with Crippen molar-refractivity contribution in [1.29, 1.82) is 0 Å². The van der Waals surface area contributed by atoms with Gasteiger partial charge in [0.1, 0.15) is 12.6 Å². The summed E-state index contributed by atoms with van der Waals surface area (Å²) in [5, 5.41) is 9.02. The first-order valence-corrected chi connectivity index (χ1v) is 14.6. The number of likely N-dealkylation sites (N-methyl/N-ethyl adjacent to an activating group) is 1. The highest BCUT2D eigenvalue weighted by Crippen LogP contribution is 2.15. The van der Waals surface area contributed by atoms with Crippen LogP contribution in [-0.2, 0) is 19.1 Å². The van der Waals surface area contributed by atoms with Crippen molar-refractivity contribution >= 4 is 16.1 Å². The number of aliphatic carboxylic acids is 1. The van der Waals surface area contributed by atoms with Crippen LogP contribution < -0.4 is 0 Å². The zero-order chi connectivity index (χ0) is 24.3. The predicted molar refractivity (Wildman–Crippen MR) is 133 cm³/mol. The van der Waals surface area contributed by atoms with Gasteiger partial charge in [-0.2, -0.15) is 8.42 Å². The number of carbonyl (C=O) groups is 1. The van der Waals surface area contributed by atoms with Gasteiger partial charge in [0.2, 0.25) is 0 Å². The number of carboxylic acid groups (broad SMARTS) is 1. The molecule has 6 nitrogen and oxygen atoms in total.